The Hall–Kier alpha value is -1.75. The highest BCUT2D eigenvalue weighted by Crippen LogP contribution is 2.24. The van der Waals surface area contributed by atoms with Gasteiger partial charge in [0, 0.05) is 28.8 Å². The molecular weight excluding hydrogens is 337 g/mol. The lowest BCUT2D eigenvalue weighted by Gasteiger charge is -2.12. The minimum absolute atomic E-state index is 0.0352. The fraction of sp³-hybridized carbons (Fsp3) is 0.235. The average Bonchev–Trinajstić information content (AvgIpc) is 2.54. The van der Waals surface area contributed by atoms with E-state index in [1.54, 1.807) is 42.5 Å². The third-order valence-corrected chi connectivity index (χ3v) is 3.74. The Kier molecular flexibility index (Phi) is 6.71. The number of rotatable bonds is 7. The summed E-state index contributed by atoms with van der Waals surface area (Å²) in [5.41, 5.74) is 1.22. The van der Waals surface area contributed by atoms with Crippen LogP contribution in [-0.2, 0) is 6.61 Å². The number of amides is 1. The Labute approximate surface area is 145 Å². The van der Waals surface area contributed by atoms with Gasteiger partial charge in [0.1, 0.15) is 12.4 Å². The van der Waals surface area contributed by atoms with E-state index < -0.39 is 0 Å². The summed E-state index contributed by atoms with van der Waals surface area (Å²) >= 11 is 12.0. The molecule has 0 aliphatic heterocycles. The van der Waals surface area contributed by atoms with E-state index in [1.165, 1.54) is 0 Å². The fourth-order valence-corrected chi connectivity index (χ4v) is 2.41. The number of carbonyl (C=O) groups excluding carboxylic acids is 1. The Bertz CT molecular complexity index is 677. The normalized spacial score (nSPS) is 10.4. The third-order valence-electron chi connectivity index (χ3n) is 3.15. The smallest absolute Gasteiger partial charge is 0.255 e. The predicted octanol–water partition coefficient (Wildman–Crippen LogP) is 3.68. The van der Waals surface area contributed by atoms with Gasteiger partial charge >= 0.3 is 0 Å². The Morgan fingerprint density at radius 3 is 2.70 bits per heavy atom. The second kappa shape index (κ2) is 8.77. The lowest BCUT2D eigenvalue weighted by Crippen LogP contribution is -2.25. The highest BCUT2D eigenvalue weighted by molar-refractivity contribution is 6.35. The predicted molar refractivity (Wildman–Crippen MR) is 91.3 cm³/mol. The molecule has 122 valence electrons. The zero-order chi connectivity index (χ0) is 16.7. The van der Waals surface area contributed by atoms with Gasteiger partial charge in [-0.3, -0.25) is 4.79 Å². The van der Waals surface area contributed by atoms with E-state index in [2.05, 4.69) is 5.32 Å². The zero-order valence-corrected chi connectivity index (χ0v) is 13.9. The van der Waals surface area contributed by atoms with Crippen molar-refractivity contribution >= 4 is 29.1 Å². The molecule has 0 bridgehead atoms. The molecule has 0 spiro atoms. The van der Waals surface area contributed by atoms with Crippen molar-refractivity contribution < 1.29 is 14.6 Å². The van der Waals surface area contributed by atoms with E-state index in [4.69, 9.17) is 33.0 Å². The fourth-order valence-electron chi connectivity index (χ4n) is 1.95. The molecule has 2 N–H and O–H groups in total. The van der Waals surface area contributed by atoms with Crippen molar-refractivity contribution in [2.45, 2.75) is 13.0 Å². The monoisotopic (exact) mass is 353 g/mol. The molecule has 4 nitrogen and oxygen atoms in total. The zero-order valence-electron chi connectivity index (χ0n) is 12.4. The maximum Gasteiger partial charge on any atom is 0.255 e. The molecule has 6 heteroatoms. The molecule has 0 atom stereocenters. The van der Waals surface area contributed by atoms with Crippen LogP contribution in [-0.4, -0.2) is 24.2 Å². The lowest BCUT2D eigenvalue weighted by molar-refractivity contribution is 0.0946. The number of hydrogen-bond acceptors (Lipinski definition) is 3. The van der Waals surface area contributed by atoms with E-state index in [0.717, 1.165) is 5.56 Å². The molecule has 2 rings (SSSR count). The van der Waals surface area contributed by atoms with E-state index >= 15 is 0 Å². The molecule has 2 aromatic rings. The summed E-state index contributed by atoms with van der Waals surface area (Å²) in [6.45, 7) is 0.678. The van der Waals surface area contributed by atoms with Crippen molar-refractivity contribution in [1.29, 1.82) is 0 Å². The van der Waals surface area contributed by atoms with Crippen LogP contribution >= 0.6 is 23.2 Å². The van der Waals surface area contributed by atoms with Crippen LogP contribution in [0.2, 0.25) is 10.0 Å². The molecule has 23 heavy (non-hydrogen) atoms. The molecule has 0 saturated carbocycles. The van der Waals surface area contributed by atoms with Crippen molar-refractivity contribution in [1.82, 2.24) is 5.32 Å². The number of halogens is 2. The number of benzene rings is 2. The third kappa shape index (κ3) is 5.13. The van der Waals surface area contributed by atoms with E-state index in [9.17, 15) is 4.79 Å². The van der Waals surface area contributed by atoms with E-state index in [-0.39, 0.29) is 19.1 Å². The van der Waals surface area contributed by atoms with Crippen LogP contribution in [0.1, 0.15) is 22.3 Å². The molecule has 0 fully saturated rings. The summed E-state index contributed by atoms with van der Waals surface area (Å²) in [6, 6.07) is 12.1. The molecule has 0 heterocycles. The highest BCUT2D eigenvalue weighted by Gasteiger charge is 2.12. The minimum atomic E-state index is -0.240. The number of para-hydroxylation sites is 1. The molecule has 2 aromatic carbocycles. The van der Waals surface area contributed by atoms with Gasteiger partial charge in [0.05, 0.1) is 5.56 Å². The molecule has 0 saturated heterocycles. The second-order valence-corrected chi connectivity index (χ2v) is 5.70. The summed E-state index contributed by atoms with van der Waals surface area (Å²) in [7, 11) is 0. The van der Waals surface area contributed by atoms with Crippen LogP contribution < -0.4 is 10.1 Å². The van der Waals surface area contributed by atoms with Gasteiger partial charge in [-0.15, -0.1) is 0 Å². The van der Waals surface area contributed by atoms with Gasteiger partial charge in [-0.1, -0.05) is 41.4 Å². The Balaban J connectivity index is 2.06. The molecule has 0 radical (unpaired) electrons. The number of ether oxygens (including phenoxy) is 1. The number of aliphatic hydroxyl groups excluding tert-OH is 1. The summed E-state index contributed by atoms with van der Waals surface area (Å²) in [4.78, 5) is 12.1. The summed E-state index contributed by atoms with van der Waals surface area (Å²) < 4.78 is 5.73. The van der Waals surface area contributed by atoms with Crippen molar-refractivity contribution in [2.24, 2.45) is 0 Å². The molecule has 0 aliphatic rings. The van der Waals surface area contributed by atoms with Gasteiger partial charge in [0.25, 0.3) is 5.91 Å². The number of hydrogen-bond donors (Lipinski definition) is 2. The van der Waals surface area contributed by atoms with Crippen molar-refractivity contribution in [3.8, 4) is 5.75 Å². The van der Waals surface area contributed by atoms with Crippen molar-refractivity contribution in [2.75, 3.05) is 13.2 Å². The maximum atomic E-state index is 12.1. The van der Waals surface area contributed by atoms with Gasteiger partial charge in [-0.2, -0.15) is 0 Å². The maximum absolute atomic E-state index is 12.1. The van der Waals surface area contributed by atoms with Crippen LogP contribution in [0.5, 0.6) is 5.75 Å². The number of nitrogens with one attached hydrogen (secondary N) is 1. The summed E-state index contributed by atoms with van der Waals surface area (Å²) in [5.74, 6) is 0.233. The second-order valence-electron chi connectivity index (χ2n) is 4.85. The van der Waals surface area contributed by atoms with Gasteiger partial charge in [-0.05, 0) is 30.7 Å². The SMILES string of the molecule is O=C(NCCCO)c1ccccc1OCc1ccc(Cl)cc1Cl. The molecule has 0 aromatic heterocycles. The van der Waals surface area contributed by atoms with E-state index in [0.29, 0.717) is 34.3 Å². The van der Waals surface area contributed by atoms with E-state index in [1.807, 2.05) is 0 Å². The molecule has 0 aliphatic carbocycles. The van der Waals surface area contributed by atoms with Crippen molar-refractivity contribution in [3.63, 3.8) is 0 Å². The standard InChI is InChI=1S/C17H17Cl2NO3/c18-13-7-6-12(15(19)10-13)11-23-16-5-2-1-4-14(16)17(22)20-8-3-9-21/h1-2,4-7,10,21H,3,8-9,11H2,(H,20,22). The quantitative estimate of drug-likeness (QED) is 0.746. The average molecular weight is 354 g/mol. The highest BCUT2D eigenvalue weighted by atomic mass is 35.5. The first-order valence-corrected chi connectivity index (χ1v) is 7.92. The summed E-state index contributed by atoms with van der Waals surface area (Å²) in [5, 5.41) is 12.6. The van der Waals surface area contributed by atoms with Crippen LogP contribution in [0.15, 0.2) is 42.5 Å². The number of carbonyl (C=O) groups is 1. The summed E-state index contributed by atoms with van der Waals surface area (Å²) in [6.07, 6.45) is 0.509. The van der Waals surface area contributed by atoms with Gasteiger partial charge in [0.2, 0.25) is 0 Å². The van der Waals surface area contributed by atoms with Crippen LogP contribution in [0, 0.1) is 0 Å². The molecular formula is C17H17Cl2NO3. The first-order chi connectivity index (χ1) is 11.1. The Morgan fingerprint density at radius 2 is 1.96 bits per heavy atom. The molecule has 1 amide bonds. The first kappa shape index (κ1) is 17.6. The number of aliphatic hydroxyl groups is 1. The van der Waals surface area contributed by atoms with Crippen LogP contribution in [0.3, 0.4) is 0 Å². The van der Waals surface area contributed by atoms with Crippen LogP contribution in [0.25, 0.3) is 0 Å². The minimum Gasteiger partial charge on any atom is -0.488 e. The topological polar surface area (TPSA) is 58.6 Å². The largest absolute Gasteiger partial charge is 0.488 e. The van der Waals surface area contributed by atoms with Gasteiger partial charge in [-0.25, -0.2) is 0 Å². The Morgan fingerprint density at radius 1 is 1.17 bits per heavy atom. The lowest BCUT2D eigenvalue weighted by atomic mass is 10.2. The first-order valence-electron chi connectivity index (χ1n) is 7.16. The van der Waals surface area contributed by atoms with Crippen LogP contribution in [0.4, 0.5) is 0 Å². The van der Waals surface area contributed by atoms with Gasteiger partial charge in [0.15, 0.2) is 0 Å². The van der Waals surface area contributed by atoms with Crippen molar-refractivity contribution in [3.05, 3.63) is 63.6 Å². The van der Waals surface area contributed by atoms with Gasteiger partial charge < -0.3 is 15.2 Å². The molecule has 0 unspecified atom stereocenters.